The molecule has 1 aromatic rings. The van der Waals surface area contributed by atoms with Crippen LogP contribution < -0.4 is 30.5 Å². The Labute approximate surface area is 132 Å². The predicted molar refractivity (Wildman–Crippen MR) is 70.7 cm³/mol. The van der Waals surface area contributed by atoms with Gasteiger partial charge in [-0.15, -0.1) is 5.48 Å². The van der Waals surface area contributed by atoms with Crippen LogP contribution in [0, 0.1) is 15.7 Å². The predicted octanol–water partition coefficient (Wildman–Crippen LogP) is -3.02. The molecule has 22 heavy (non-hydrogen) atoms. The molecule has 0 aliphatic carbocycles. The molecule has 0 aliphatic heterocycles. The van der Waals surface area contributed by atoms with Crippen molar-refractivity contribution in [3.63, 3.8) is 0 Å². The van der Waals surface area contributed by atoms with Crippen LogP contribution in [0.4, 0.5) is 0 Å². The first-order valence-corrected chi connectivity index (χ1v) is 7.15. The number of nitrogens with one attached hydrogen (secondary N) is 3. The lowest BCUT2D eigenvalue weighted by molar-refractivity contribution is -1.92. The van der Waals surface area contributed by atoms with Crippen LogP contribution in [0.1, 0.15) is 10.4 Å². The average molecular weight is 347 g/mol. The number of ketones is 1. The van der Waals surface area contributed by atoms with E-state index in [9.17, 15) is 18.8 Å². The second kappa shape index (κ2) is 7.79. The fourth-order valence-corrected chi connectivity index (χ4v) is 1.60. The number of benzene rings is 1. The Morgan fingerprint density at radius 3 is 2.41 bits per heavy atom. The molecule has 0 unspecified atom stereocenters. The van der Waals surface area contributed by atoms with E-state index in [2.05, 4.69) is 21.9 Å². The van der Waals surface area contributed by atoms with Crippen molar-refractivity contribution in [1.29, 1.82) is 5.41 Å². The Morgan fingerprint density at radius 2 is 1.91 bits per heavy atom. The number of halogens is 1. The summed E-state index contributed by atoms with van der Waals surface area (Å²) in [7, 11) is -4.73. The molecule has 0 saturated carbocycles. The summed E-state index contributed by atoms with van der Waals surface area (Å²) >= 11 is 4.63. The number of hydroxylamine groups is 1. The highest BCUT2D eigenvalue weighted by Crippen LogP contribution is 2.03. The zero-order valence-electron chi connectivity index (χ0n) is 10.9. The van der Waals surface area contributed by atoms with Crippen LogP contribution >= 0.6 is 12.2 Å². The molecular formula is C11H11ClN4O5S. The molecule has 0 atom stereocenters. The molecule has 11 heteroatoms. The Morgan fingerprint density at radius 1 is 1.32 bits per heavy atom. The highest BCUT2D eigenvalue weighted by Gasteiger charge is 2.19. The zero-order chi connectivity index (χ0) is 16.8. The molecular weight excluding hydrogens is 336 g/mol. The van der Waals surface area contributed by atoms with E-state index >= 15 is 0 Å². The molecule has 0 fully saturated rings. The molecule has 1 aromatic carbocycles. The number of nitrogens with two attached hydrogens (primary N) is 1. The van der Waals surface area contributed by atoms with Crippen LogP contribution in [0.25, 0.3) is 0 Å². The van der Waals surface area contributed by atoms with E-state index in [1.54, 1.807) is 35.8 Å². The van der Waals surface area contributed by atoms with Crippen molar-refractivity contribution >= 4 is 28.9 Å². The minimum Gasteiger partial charge on any atom is -0.382 e. The van der Waals surface area contributed by atoms with Gasteiger partial charge in [-0.25, -0.2) is 0 Å². The van der Waals surface area contributed by atoms with Gasteiger partial charge in [-0.3, -0.25) is 10.2 Å². The quantitative estimate of drug-likeness (QED) is 0.104. The van der Waals surface area contributed by atoms with Crippen LogP contribution in [0.3, 0.4) is 0 Å². The first kappa shape index (κ1) is 18.0. The van der Waals surface area contributed by atoms with Crippen LogP contribution in [0.5, 0.6) is 0 Å². The minimum atomic E-state index is -4.73. The Bertz CT molecular complexity index is 602. The minimum absolute atomic E-state index is 0.199. The summed E-state index contributed by atoms with van der Waals surface area (Å²) in [5, 5.41) is 9.13. The molecule has 0 heterocycles. The molecule has 9 nitrogen and oxygen atoms in total. The molecule has 0 bridgehead atoms. The maximum atomic E-state index is 11.9. The molecule has 1 rings (SSSR count). The molecule has 118 valence electrons. The SMILES string of the molecule is N=C(N)/C(=C\C(=O)c1ccccc1)NC(=S)NO[Cl+3]([O-])([O-])[O-]. The van der Waals surface area contributed by atoms with E-state index in [1.165, 1.54) is 0 Å². The van der Waals surface area contributed by atoms with E-state index in [0.29, 0.717) is 5.56 Å². The second-order valence-corrected chi connectivity index (χ2v) is 5.03. The van der Waals surface area contributed by atoms with E-state index in [1.807, 2.05) is 0 Å². The number of thiocarbonyl (C=S) groups is 1. The summed E-state index contributed by atoms with van der Waals surface area (Å²) < 4.78 is 34.4. The van der Waals surface area contributed by atoms with Crippen molar-refractivity contribution in [3.8, 4) is 0 Å². The van der Waals surface area contributed by atoms with Crippen LogP contribution in [-0.4, -0.2) is 16.7 Å². The molecule has 0 aliphatic rings. The number of carbonyl (C=O) groups excluding carboxylic acids is 1. The highest BCUT2D eigenvalue weighted by molar-refractivity contribution is 7.80. The van der Waals surface area contributed by atoms with Gasteiger partial charge in [0.05, 0.1) is 5.70 Å². The maximum absolute atomic E-state index is 11.9. The third-order valence-electron chi connectivity index (χ3n) is 2.10. The lowest BCUT2D eigenvalue weighted by Gasteiger charge is -2.13. The van der Waals surface area contributed by atoms with Crippen LogP contribution in [0.2, 0.25) is 0 Å². The average Bonchev–Trinajstić information content (AvgIpc) is 2.44. The fraction of sp³-hybridized carbons (Fsp3) is 0. The third-order valence-corrected chi connectivity index (χ3v) is 2.55. The third kappa shape index (κ3) is 6.58. The molecule has 0 amide bonds. The van der Waals surface area contributed by atoms with E-state index < -0.39 is 27.0 Å². The van der Waals surface area contributed by atoms with Crippen LogP contribution in [0.15, 0.2) is 42.1 Å². The summed E-state index contributed by atoms with van der Waals surface area (Å²) in [5.41, 5.74) is 7.05. The fourth-order valence-electron chi connectivity index (χ4n) is 1.23. The zero-order valence-corrected chi connectivity index (χ0v) is 12.4. The second-order valence-electron chi connectivity index (χ2n) is 3.71. The monoisotopic (exact) mass is 346 g/mol. The van der Waals surface area contributed by atoms with Crippen molar-refractivity contribution in [2.45, 2.75) is 0 Å². The Balaban J connectivity index is 2.77. The van der Waals surface area contributed by atoms with Gasteiger partial charge in [0.2, 0.25) is 9.50 Å². The Kier molecular flexibility index (Phi) is 6.37. The molecule has 5 N–H and O–H groups in total. The summed E-state index contributed by atoms with van der Waals surface area (Å²) in [6.07, 6.45) is 0.995. The topological polar surface area (TPSA) is 169 Å². The van der Waals surface area contributed by atoms with Gasteiger partial charge in [0.15, 0.2) is 5.78 Å². The van der Waals surface area contributed by atoms with Gasteiger partial charge in [-0.2, -0.15) is 14.0 Å². The lowest BCUT2D eigenvalue weighted by atomic mass is 10.1. The van der Waals surface area contributed by atoms with E-state index in [0.717, 1.165) is 6.08 Å². The van der Waals surface area contributed by atoms with Gasteiger partial charge in [0.25, 0.3) is 0 Å². The summed E-state index contributed by atoms with van der Waals surface area (Å²) in [6, 6.07) is 8.14. The first-order valence-electron chi connectivity index (χ1n) is 5.51. The van der Waals surface area contributed by atoms with Gasteiger partial charge in [-0.05, 0) is 12.2 Å². The highest BCUT2D eigenvalue weighted by atomic mass is 35.7. The summed E-state index contributed by atoms with van der Waals surface area (Å²) in [4.78, 5) is 11.9. The normalized spacial score (nSPS) is 11.7. The summed E-state index contributed by atoms with van der Waals surface area (Å²) in [5.74, 6) is -0.993. The number of amidine groups is 1. The molecule has 0 spiro atoms. The van der Waals surface area contributed by atoms with Gasteiger partial charge in [-0.1, -0.05) is 30.3 Å². The maximum Gasteiger partial charge on any atom is 0.209 e. The van der Waals surface area contributed by atoms with Crippen molar-refractivity contribution in [2.24, 2.45) is 5.73 Å². The van der Waals surface area contributed by atoms with E-state index in [4.69, 9.17) is 11.1 Å². The van der Waals surface area contributed by atoms with Gasteiger partial charge < -0.3 is 11.1 Å². The number of allylic oxidation sites excluding steroid dienone is 1. The number of hydrogen-bond donors (Lipinski definition) is 4. The summed E-state index contributed by atoms with van der Waals surface area (Å²) in [6.45, 7) is 0. The molecule has 0 saturated heterocycles. The van der Waals surface area contributed by atoms with Crippen molar-refractivity contribution in [3.05, 3.63) is 47.7 Å². The standard InChI is InChI=1S/C11H11ClN4O5S/c13-10(14)8(15-11(22)16-21-12(18,19)20)6-9(17)7-4-2-1-3-5-7/h1-6H,(H3,13,14)(H2,15,16,22)/b8-6+. The number of rotatable bonds is 6. The Hall–Kier alpha value is -2.08. The lowest BCUT2D eigenvalue weighted by Crippen LogP contribution is -2.63. The smallest absolute Gasteiger partial charge is 0.209 e. The van der Waals surface area contributed by atoms with E-state index in [-0.39, 0.29) is 5.70 Å². The number of hydrogen-bond acceptors (Lipinski definition) is 7. The van der Waals surface area contributed by atoms with Crippen molar-refractivity contribution < 1.29 is 33.4 Å². The molecule has 0 radical (unpaired) electrons. The van der Waals surface area contributed by atoms with Gasteiger partial charge in [0, 0.05) is 11.6 Å². The molecule has 0 aromatic heterocycles. The van der Waals surface area contributed by atoms with Crippen LogP contribution in [-0.2, 0) is 4.39 Å². The van der Waals surface area contributed by atoms with Gasteiger partial charge >= 0.3 is 0 Å². The van der Waals surface area contributed by atoms with Crippen molar-refractivity contribution in [2.75, 3.05) is 0 Å². The van der Waals surface area contributed by atoms with Gasteiger partial charge in [0.1, 0.15) is 16.1 Å². The first-order chi connectivity index (χ1) is 10.2. The number of carbonyl (C=O) groups is 1. The van der Waals surface area contributed by atoms with Crippen molar-refractivity contribution in [1.82, 2.24) is 10.8 Å². The largest absolute Gasteiger partial charge is 0.382 e.